The van der Waals surface area contributed by atoms with Crippen LogP contribution >= 0.6 is 12.2 Å². The van der Waals surface area contributed by atoms with E-state index in [4.69, 9.17) is 12.2 Å². The van der Waals surface area contributed by atoms with Crippen LogP contribution in [0, 0.1) is 10.1 Å². The van der Waals surface area contributed by atoms with Crippen LogP contribution < -0.4 is 16.0 Å². The normalized spacial score (nSPS) is 11.2. The van der Waals surface area contributed by atoms with Crippen LogP contribution in [-0.4, -0.2) is 21.9 Å². The summed E-state index contributed by atoms with van der Waals surface area (Å²) >= 11 is 5.20. The second kappa shape index (κ2) is 10.3. The molecule has 0 heterocycles. The predicted octanol–water partition coefficient (Wildman–Crippen LogP) is 4.21. The maximum Gasteiger partial charge on any atom is 0.270 e. The molecule has 9 heteroatoms. The Morgan fingerprint density at radius 2 is 1.62 bits per heavy atom. The average molecular weight is 449 g/mol. The number of nitrogens with zero attached hydrogens (tertiary/aromatic N) is 1. The topological polar surface area (TPSA) is 113 Å². The van der Waals surface area contributed by atoms with Crippen molar-refractivity contribution in [2.45, 2.75) is 13.0 Å². The summed E-state index contributed by atoms with van der Waals surface area (Å²) in [5.74, 6) is -0.914. The Balaban J connectivity index is 1.68. The summed E-state index contributed by atoms with van der Waals surface area (Å²) in [6.07, 6.45) is 0. The summed E-state index contributed by atoms with van der Waals surface area (Å²) in [5, 5.41) is 19.1. The van der Waals surface area contributed by atoms with Crippen LogP contribution in [0.3, 0.4) is 0 Å². The first-order valence-corrected chi connectivity index (χ1v) is 10.1. The number of anilines is 1. The molecule has 0 bridgehead atoms. The summed E-state index contributed by atoms with van der Waals surface area (Å²) in [6.45, 7) is 1.88. The van der Waals surface area contributed by atoms with E-state index in [0.29, 0.717) is 11.3 Å². The Hall–Kier alpha value is -4.11. The zero-order valence-electron chi connectivity index (χ0n) is 17.1. The van der Waals surface area contributed by atoms with Gasteiger partial charge in [0.1, 0.15) is 0 Å². The molecule has 0 saturated heterocycles. The van der Waals surface area contributed by atoms with Crippen LogP contribution in [0.1, 0.15) is 39.2 Å². The van der Waals surface area contributed by atoms with Crippen molar-refractivity contribution in [3.05, 3.63) is 106 Å². The van der Waals surface area contributed by atoms with Gasteiger partial charge < -0.3 is 10.6 Å². The van der Waals surface area contributed by atoms with Gasteiger partial charge in [0.05, 0.1) is 22.2 Å². The monoisotopic (exact) mass is 448 g/mol. The molecule has 1 unspecified atom stereocenters. The molecule has 0 radical (unpaired) electrons. The molecule has 0 saturated carbocycles. The van der Waals surface area contributed by atoms with Crippen molar-refractivity contribution in [2.75, 3.05) is 5.32 Å². The number of carbonyl (C=O) groups is 2. The van der Waals surface area contributed by atoms with Crippen LogP contribution in [-0.2, 0) is 0 Å². The highest BCUT2D eigenvalue weighted by atomic mass is 32.1. The van der Waals surface area contributed by atoms with E-state index in [-0.39, 0.29) is 28.3 Å². The molecular formula is C23H20N4O4S. The minimum atomic E-state index is -0.606. The Morgan fingerprint density at radius 1 is 0.938 bits per heavy atom. The number of thiocarbonyl (C=S) groups is 1. The van der Waals surface area contributed by atoms with Crippen LogP contribution in [0.4, 0.5) is 11.4 Å². The number of para-hydroxylation sites is 1. The second-order valence-corrected chi connectivity index (χ2v) is 7.28. The standard InChI is InChI=1S/C23H20N4O4S/c1-15(16-8-3-2-4-9-16)24-22(29)19-12-5-6-13-20(19)25-23(32)26-21(28)17-10-7-11-18(14-17)27(30)31/h2-15H,1H3,(H,24,29)(H2,25,26,28,32). The molecule has 0 spiro atoms. The highest BCUT2D eigenvalue weighted by Gasteiger charge is 2.17. The average Bonchev–Trinajstić information content (AvgIpc) is 2.79. The van der Waals surface area contributed by atoms with E-state index in [1.165, 1.54) is 18.2 Å². The lowest BCUT2D eigenvalue weighted by Gasteiger charge is -2.17. The van der Waals surface area contributed by atoms with Crippen molar-refractivity contribution in [1.82, 2.24) is 10.6 Å². The molecule has 3 aromatic rings. The van der Waals surface area contributed by atoms with Crippen molar-refractivity contribution in [1.29, 1.82) is 0 Å². The van der Waals surface area contributed by atoms with Gasteiger partial charge in [0.15, 0.2) is 5.11 Å². The fourth-order valence-corrected chi connectivity index (χ4v) is 3.18. The number of hydrogen-bond donors (Lipinski definition) is 3. The SMILES string of the molecule is CC(NC(=O)c1ccccc1NC(=S)NC(=O)c1cccc([N+](=O)[O-])c1)c1ccccc1. The summed E-state index contributed by atoms with van der Waals surface area (Å²) in [7, 11) is 0. The molecule has 8 nitrogen and oxygen atoms in total. The first-order valence-electron chi connectivity index (χ1n) is 9.67. The van der Waals surface area contributed by atoms with E-state index in [2.05, 4.69) is 16.0 Å². The van der Waals surface area contributed by atoms with Crippen LogP contribution in [0.2, 0.25) is 0 Å². The van der Waals surface area contributed by atoms with Gasteiger partial charge >= 0.3 is 0 Å². The van der Waals surface area contributed by atoms with Crippen LogP contribution in [0.15, 0.2) is 78.9 Å². The number of nitro benzene ring substituents is 1. The highest BCUT2D eigenvalue weighted by Crippen LogP contribution is 2.18. The molecular weight excluding hydrogens is 428 g/mol. The minimum Gasteiger partial charge on any atom is -0.345 e. The number of carbonyl (C=O) groups excluding carboxylic acids is 2. The van der Waals surface area contributed by atoms with E-state index in [9.17, 15) is 19.7 Å². The molecule has 3 N–H and O–H groups in total. The molecule has 0 aliphatic carbocycles. The number of rotatable bonds is 6. The minimum absolute atomic E-state index is 0.0436. The second-order valence-electron chi connectivity index (χ2n) is 6.87. The number of non-ortho nitro benzene ring substituents is 1. The predicted molar refractivity (Wildman–Crippen MR) is 126 cm³/mol. The van der Waals surface area contributed by atoms with Crippen molar-refractivity contribution in [3.63, 3.8) is 0 Å². The number of benzene rings is 3. The fraction of sp³-hybridized carbons (Fsp3) is 0.0870. The number of nitrogens with one attached hydrogen (secondary N) is 3. The van der Waals surface area contributed by atoms with Crippen LogP contribution in [0.25, 0.3) is 0 Å². The quantitative estimate of drug-likeness (QED) is 0.296. The zero-order valence-corrected chi connectivity index (χ0v) is 17.9. The van der Waals surface area contributed by atoms with E-state index in [1.54, 1.807) is 24.3 Å². The molecule has 0 aliphatic rings. The summed E-state index contributed by atoms with van der Waals surface area (Å²) in [6, 6.07) is 21.4. The van der Waals surface area contributed by atoms with Crippen molar-refractivity contribution >= 4 is 40.5 Å². The van der Waals surface area contributed by atoms with Gasteiger partial charge in [-0.3, -0.25) is 25.0 Å². The number of hydrogen-bond acceptors (Lipinski definition) is 5. The van der Waals surface area contributed by atoms with Crippen molar-refractivity contribution in [2.24, 2.45) is 0 Å². The van der Waals surface area contributed by atoms with Gasteiger partial charge in [0.25, 0.3) is 17.5 Å². The zero-order chi connectivity index (χ0) is 23.1. The van der Waals surface area contributed by atoms with E-state index in [1.807, 2.05) is 37.3 Å². The lowest BCUT2D eigenvalue weighted by molar-refractivity contribution is -0.384. The lowest BCUT2D eigenvalue weighted by atomic mass is 10.1. The Kier molecular flexibility index (Phi) is 7.25. The van der Waals surface area contributed by atoms with E-state index < -0.39 is 10.8 Å². The smallest absolute Gasteiger partial charge is 0.270 e. The maximum absolute atomic E-state index is 12.8. The molecule has 162 valence electrons. The Labute approximate surface area is 189 Å². The van der Waals surface area contributed by atoms with Gasteiger partial charge in [-0.1, -0.05) is 48.5 Å². The third-order valence-corrected chi connectivity index (χ3v) is 4.82. The maximum atomic E-state index is 12.8. The molecule has 3 aromatic carbocycles. The summed E-state index contributed by atoms with van der Waals surface area (Å²) < 4.78 is 0. The van der Waals surface area contributed by atoms with Crippen LogP contribution in [0.5, 0.6) is 0 Å². The fourth-order valence-electron chi connectivity index (χ4n) is 2.98. The molecule has 0 aromatic heterocycles. The van der Waals surface area contributed by atoms with Gasteiger partial charge in [-0.05, 0) is 42.9 Å². The molecule has 1 atom stereocenters. The molecule has 0 fully saturated rings. The first kappa shape index (κ1) is 22.6. The Morgan fingerprint density at radius 3 is 2.34 bits per heavy atom. The third-order valence-electron chi connectivity index (χ3n) is 4.61. The molecule has 0 aliphatic heterocycles. The lowest BCUT2D eigenvalue weighted by Crippen LogP contribution is -2.35. The van der Waals surface area contributed by atoms with Crippen molar-refractivity contribution < 1.29 is 14.5 Å². The molecule has 32 heavy (non-hydrogen) atoms. The Bertz CT molecular complexity index is 1170. The summed E-state index contributed by atoms with van der Waals surface area (Å²) in [4.78, 5) is 35.6. The van der Waals surface area contributed by atoms with Gasteiger partial charge in [-0.2, -0.15) is 0 Å². The number of nitro groups is 1. The van der Waals surface area contributed by atoms with Gasteiger partial charge in [-0.25, -0.2) is 0 Å². The van der Waals surface area contributed by atoms with Crippen molar-refractivity contribution in [3.8, 4) is 0 Å². The largest absolute Gasteiger partial charge is 0.345 e. The van der Waals surface area contributed by atoms with E-state index in [0.717, 1.165) is 11.6 Å². The van der Waals surface area contributed by atoms with E-state index >= 15 is 0 Å². The van der Waals surface area contributed by atoms with Gasteiger partial charge in [0, 0.05) is 17.7 Å². The highest BCUT2D eigenvalue weighted by molar-refractivity contribution is 7.80. The van der Waals surface area contributed by atoms with Gasteiger partial charge in [0.2, 0.25) is 0 Å². The first-order chi connectivity index (χ1) is 15.3. The summed E-state index contributed by atoms with van der Waals surface area (Å²) in [5.41, 5.74) is 1.61. The van der Waals surface area contributed by atoms with Gasteiger partial charge in [-0.15, -0.1) is 0 Å². The molecule has 2 amide bonds. The third kappa shape index (κ3) is 5.73. The number of amides is 2. The molecule has 3 rings (SSSR count).